The largest absolute Gasteiger partial charge is 0.504 e. The van der Waals surface area contributed by atoms with Crippen LogP contribution in [-0.4, -0.2) is 23.0 Å². The highest BCUT2D eigenvalue weighted by Gasteiger charge is 2.65. The molecule has 3 atom stereocenters. The number of rotatable bonds is 2. The lowest BCUT2D eigenvalue weighted by atomic mass is 10.1. The molecule has 1 heterocycles. The van der Waals surface area contributed by atoms with E-state index < -0.39 is 0 Å². The van der Waals surface area contributed by atoms with Crippen LogP contribution >= 0.6 is 0 Å². The van der Waals surface area contributed by atoms with Gasteiger partial charge in [0.15, 0.2) is 5.76 Å². The van der Waals surface area contributed by atoms with E-state index in [0.29, 0.717) is 24.4 Å². The molecule has 4 nitrogen and oxygen atoms in total. The predicted octanol–water partition coefficient (Wildman–Crippen LogP) is 0.696. The van der Waals surface area contributed by atoms with E-state index in [1.165, 1.54) is 12.2 Å². The quantitative estimate of drug-likeness (QED) is 0.609. The minimum absolute atomic E-state index is 0.186. The molecule has 2 unspecified atom stereocenters. The number of allylic oxidation sites excluding steroid dienone is 6. The fraction of sp³-hybridized carbons (Fsp3) is 0.308. The Bertz CT molecular complexity index is 492. The summed E-state index contributed by atoms with van der Waals surface area (Å²) in [5, 5.41) is 12.5. The van der Waals surface area contributed by atoms with Crippen LogP contribution in [-0.2, 0) is 4.79 Å². The van der Waals surface area contributed by atoms with Gasteiger partial charge in [0, 0.05) is 23.7 Å². The SMILES string of the molecule is N/C(=C\C=C1/C=CC(=O)C(O)=CC1)C1C2N[C@@H]21. The third-order valence-corrected chi connectivity index (χ3v) is 3.40. The Morgan fingerprint density at radius 3 is 2.88 bits per heavy atom. The predicted molar refractivity (Wildman–Crippen MR) is 64.0 cm³/mol. The number of nitrogens with one attached hydrogen (secondary N) is 1. The van der Waals surface area contributed by atoms with E-state index in [9.17, 15) is 9.90 Å². The lowest BCUT2D eigenvalue weighted by Crippen LogP contribution is -2.15. The Kier molecular flexibility index (Phi) is 2.19. The number of hydrogen-bond acceptors (Lipinski definition) is 4. The number of carbonyl (C=O) groups is 1. The van der Waals surface area contributed by atoms with Gasteiger partial charge in [-0.3, -0.25) is 4.79 Å². The normalized spacial score (nSPS) is 37.5. The maximum Gasteiger partial charge on any atom is 0.219 e. The zero-order valence-electron chi connectivity index (χ0n) is 9.26. The summed E-state index contributed by atoms with van der Waals surface area (Å²) >= 11 is 0. The van der Waals surface area contributed by atoms with E-state index in [2.05, 4.69) is 5.32 Å². The Labute approximate surface area is 99.2 Å². The van der Waals surface area contributed by atoms with Crippen LogP contribution in [0.3, 0.4) is 0 Å². The zero-order chi connectivity index (χ0) is 12.0. The number of ketones is 1. The first-order valence-electron chi connectivity index (χ1n) is 5.70. The second-order valence-corrected chi connectivity index (χ2v) is 4.64. The molecule has 88 valence electrons. The van der Waals surface area contributed by atoms with Crippen molar-refractivity contribution >= 4 is 5.78 Å². The molecule has 3 rings (SSSR count). The van der Waals surface area contributed by atoms with Crippen LogP contribution in [0, 0.1) is 5.92 Å². The molecule has 0 aromatic rings. The molecule has 4 heteroatoms. The maximum atomic E-state index is 11.2. The smallest absolute Gasteiger partial charge is 0.219 e. The summed E-state index contributed by atoms with van der Waals surface area (Å²) in [6, 6.07) is 1.22. The fourth-order valence-electron chi connectivity index (χ4n) is 2.07. The molecule has 4 N–H and O–H groups in total. The summed E-state index contributed by atoms with van der Waals surface area (Å²) in [4.78, 5) is 11.2. The van der Waals surface area contributed by atoms with Crippen LogP contribution in [0.1, 0.15) is 6.42 Å². The van der Waals surface area contributed by atoms with E-state index in [1.807, 2.05) is 12.2 Å². The minimum Gasteiger partial charge on any atom is -0.504 e. The number of hydrogen-bond donors (Lipinski definition) is 3. The van der Waals surface area contributed by atoms with Crippen molar-refractivity contribution in [1.29, 1.82) is 0 Å². The third kappa shape index (κ3) is 1.91. The van der Waals surface area contributed by atoms with Gasteiger partial charge in [0.25, 0.3) is 0 Å². The average molecular weight is 230 g/mol. The molecule has 0 spiro atoms. The Morgan fingerprint density at radius 1 is 1.47 bits per heavy atom. The van der Waals surface area contributed by atoms with Crippen molar-refractivity contribution in [2.24, 2.45) is 11.7 Å². The molecule has 17 heavy (non-hydrogen) atoms. The van der Waals surface area contributed by atoms with Crippen LogP contribution in [0.25, 0.3) is 0 Å². The minimum atomic E-state index is -0.349. The highest BCUT2D eigenvalue weighted by molar-refractivity contribution is 6.02. The summed E-state index contributed by atoms with van der Waals surface area (Å²) < 4.78 is 0. The molecule has 0 radical (unpaired) electrons. The van der Waals surface area contributed by atoms with Crippen LogP contribution in [0.4, 0.5) is 0 Å². The molecule has 0 amide bonds. The molecule has 2 fully saturated rings. The van der Waals surface area contributed by atoms with Crippen molar-refractivity contribution in [3.8, 4) is 0 Å². The molecule has 2 aliphatic carbocycles. The van der Waals surface area contributed by atoms with Crippen molar-refractivity contribution in [2.45, 2.75) is 18.5 Å². The van der Waals surface area contributed by atoms with Crippen molar-refractivity contribution in [2.75, 3.05) is 0 Å². The van der Waals surface area contributed by atoms with Crippen LogP contribution < -0.4 is 11.1 Å². The standard InChI is InChI=1S/C13H14N2O2/c14-8(11-12-13(11)15-12)4-1-7-2-5-9(16)10(17)6-3-7/h1-2,4-6,11-13,15,17H,3,14H2/b7-1+,8-4-/t11?,12-,13?/m1/s1. The van der Waals surface area contributed by atoms with Gasteiger partial charge in [-0.1, -0.05) is 12.2 Å². The lowest BCUT2D eigenvalue weighted by Gasteiger charge is -2.02. The van der Waals surface area contributed by atoms with E-state index in [-0.39, 0.29) is 11.5 Å². The number of aliphatic hydroxyl groups excluding tert-OH is 1. The van der Waals surface area contributed by atoms with Gasteiger partial charge < -0.3 is 16.2 Å². The molecular formula is C13H14N2O2. The van der Waals surface area contributed by atoms with Gasteiger partial charge in [-0.2, -0.15) is 0 Å². The lowest BCUT2D eigenvalue weighted by molar-refractivity contribution is -0.113. The first kappa shape index (κ1) is 10.4. The summed E-state index contributed by atoms with van der Waals surface area (Å²) in [5.74, 6) is -0.0283. The van der Waals surface area contributed by atoms with Gasteiger partial charge in [0.05, 0.1) is 0 Å². The Morgan fingerprint density at radius 2 is 2.24 bits per heavy atom. The number of aliphatic hydroxyl groups is 1. The highest BCUT2D eigenvalue weighted by atomic mass is 16.3. The molecule has 1 saturated carbocycles. The number of nitrogens with two attached hydrogens (primary N) is 1. The van der Waals surface area contributed by atoms with Crippen LogP contribution in [0.5, 0.6) is 0 Å². The topological polar surface area (TPSA) is 85.3 Å². The van der Waals surface area contributed by atoms with Crippen molar-refractivity contribution in [1.82, 2.24) is 5.32 Å². The average Bonchev–Trinajstić information content (AvgIpc) is 3.14. The third-order valence-electron chi connectivity index (χ3n) is 3.40. The molecule has 0 aromatic heterocycles. The molecule has 3 aliphatic rings. The van der Waals surface area contributed by atoms with E-state index in [0.717, 1.165) is 11.3 Å². The molecule has 0 aromatic carbocycles. The summed E-state index contributed by atoms with van der Waals surface area (Å²) in [5.41, 5.74) is 7.79. The first-order chi connectivity index (χ1) is 8.16. The van der Waals surface area contributed by atoms with Gasteiger partial charge in [-0.15, -0.1) is 0 Å². The summed E-state index contributed by atoms with van der Waals surface area (Å²) in [6.45, 7) is 0. The van der Waals surface area contributed by atoms with E-state index >= 15 is 0 Å². The highest BCUT2D eigenvalue weighted by Crippen LogP contribution is 2.48. The van der Waals surface area contributed by atoms with Gasteiger partial charge in [-0.25, -0.2) is 0 Å². The number of carbonyl (C=O) groups excluding carboxylic acids is 1. The number of fused-ring (bicyclic) bond motifs is 1. The molecule has 0 bridgehead atoms. The van der Waals surface area contributed by atoms with E-state index in [1.54, 1.807) is 6.08 Å². The van der Waals surface area contributed by atoms with Gasteiger partial charge >= 0.3 is 0 Å². The van der Waals surface area contributed by atoms with Gasteiger partial charge in [0.1, 0.15) is 0 Å². The fourth-order valence-corrected chi connectivity index (χ4v) is 2.07. The summed E-state index contributed by atoms with van der Waals surface area (Å²) in [7, 11) is 0. The van der Waals surface area contributed by atoms with Gasteiger partial charge in [0.2, 0.25) is 5.78 Å². The Balaban J connectivity index is 1.71. The Hall–Kier alpha value is -1.81. The van der Waals surface area contributed by atoms with E-state index in [4.69, 9.17) is 5.73 Å². The van der Waals surface area contributed by atoms with Crippen molar-refractivity contribution in [3.05, 3.63) is 47.4 Å². The van der Waals surface area contributed by atoms with Gasteiger partial charge in [-0.05, 0) is 30.2 Å². The summed E-state index contributed by atoms with van der Waals surface area (Å²) in [6.07, 6.45) is 8.98. The zero-order valence-corrected chi connectivity index (χ0v) is 9.26. The molecular weight excluding hydrogens is 216 g/mol. The molecule has 1 aliphatic heterocycles. The maximum absolute atomic E-state index is 11.2. The second kappa shape index (κ2) is 3.60. The first-order valence-corrected chi connectivity index (χ1v) is 5.70. The molecule has 1 saturated heterocycles. The van der Waals surface area contributed by atoms with Crippen molar-refractivity contribution < 1.29 is 9.90 Å². The monoisotopic (exact) mass is 230 g/mol. The second-order valence-electron chi connectivity index (χ2n) is 4.64. The van der Waals surface area contributed by atoms with Crippen molar-refractivity contribution in [3.63, 3.8) is 0 Å². The van der Waals surface area contributed by atoms with Crippen LogP contribution in [0.15, 0.2) is 47.4 Å². The van der Waals surface area contributed by atoms with Crippen LogP contribution in [0.2, 0.25) is 0 Å².